The fourth-order valence-electron chi connectivity index (χ4n) is 1.61. The average molecular weight is 287 g/mol. The zero-order valence-electron chi connectivity index (χ0n) is 11.7. The number of anilines is 1. The summed E-state index contributed by atoms with van der Waals surface area (Å²) < 4.78 is 4.87. The Morgan fingerprint density at radius 3 is 3.00 bits per heavy atom. The number of methoxy groups -OCH3 is 1. The van der Waals surface area contributed by atoms with E-state index in [1.165, 1.54) is 0 Å². The Hall–Kier alpha value is -2.54. The molecule has 0 bridgehead atoms. The molecular weight excluding hydrogens is 270 g/mol. The molecule has 21 heavy (non-hydrogen) atoms. The Labute approximate surface area is 122 Å². The molecule has 0 aliphatic carbocycles. The number of ether oxygens (including phenoxy) is 1. The van der Waals surface area contributed by atoms with Crippen molar-refractivity contribution < 1.29 is 9.53 Å². The summed E-state index contributed by atoms with van der Waals surface area (Å²) in [7, 11) is 1.58. The van der Waals surface area contributed by atoms with Gasteiger partial charge in [0.2, 0.25) is 5.95 Å². The first-order valence-corrected chi connectivity index (χ1v) is 6.52. The third kappa shape index (κ3) is 4.81. The van der Waals surface area contributed by atoms with Gasteiger partial charge in [-0.1, -0.05) is 6.07 Å². The number of rotatable bonds is 7. The maximum absolute atomic E-state index is 11.9. The number of carbonyl (C=O) groups excluding carboxylic acids is 1. The van der Waals surface area contributed by atoms with Crippen LogP contribution in [0.4, 0.5) is 5.95 Å². The maximum atomic E-state index is 11.9. The van der Waals surface area contributed by atoms with Gasteiger partial charge in [-0.3, -0.25) is 9.78 Å². The highest BCUT2D eigenvalue weighted by Crippen LogP contribution is 2.03. The normalized spacial score (nSPS) is 10.1. The molecule has 7 nitrogen and oxygen atoms in total. The van der Waals surface area contributed by atoms with E-state index in [0.717, 1.165) is 5.56 Å². The van der Waals surface area contributed by atoms with E-state index in [1.54, 1.807) is 31.8 Å². The molecule has 0 unspecified atom stereocenters. The van der Waals surface area contributed by atoms with E-state index in [-0.39, 0.29) is 5.91 Å². The van der Waals surface area contributed by atoms with Crippen LogP contribution in [0.5, 0.6) is 0 Å². The molecule has 2 aromatic heterocycles. The lowest BCUT2D eigenvalue weighted by Crippen LogP contribution is -2.28. The molecule has 2 N–H and O–H groups in total. The van der Waals surface area contributed by atoms with Gasteiger partial charge in [-0.15, -0.1) is 0 Å². The molecule has 0 saturated carbocycles. The number of amides is 1. The number of carbonyl (C=O) groups is 1. The van der Waals surface area contributed by atoms with Crippen LogP contribution in [0.25, 0.3) is 0 Å². The monoisotopic (exact) mass is 287 g/mol. The van der Waals surface area contributed by atoms with Gasteiger partial charge in [-0.2, -0.15) is 0 Å². The largest absolute Gasteiger partial charge is 0.383 e. The minimum atomic E-state index is -0.251. The summed E-state index contributed by atoms with van der Waals surface area (Å²) in [4.78, 5) is 24.1. The molecule has 7 heteroatoms. The van der Waals surface area contributed by atoms with Gasteiger partial charge < -0.3 is 15.4 Å². The molecule has 0 atom stereocenters. The van der Waals surface area contributed by atoms with Gasteiger partial charge in [-0.05, 0) is 17.7 Å². The van der Waals surface area contributed by atoms with Crippen molar-refractivity contribution in [2.75, 3.05) is 25.6 Å². The van der Waals surface area contributed by atoms with E-state index in [0.29, 0.717) is 31.3 Å². The molecule has 2 aromatic rings. The number of hydrogen-bond acceptors (Lipinski definition) is 6. The lowest BCUT2D eigenvalue weighted by atomic mass is 10.3. The first-order chi connectivity index (χ1) is 10.3. The minimum Gasteiger partial charge on any atom is -0.383 e. The van der Waals surface area contributed by atoms with Crippen LogP contribution >= 0.6 is 0 Å². The van der Waals surface area contributed by atoms with Crippen LogP contribution in [0.3, 0.4) is 0 Å². The molecule has 0 radical (unpaired) electrons. The number of pyridine rings is 1. The number of nitrogens with zero attached hydrogens (tertiary/aromatic N) is 3. The Balaban J connectivity index is 1.92. The van der Waals surface area contributed by atoms with Gasteiger partial charge in [-0.25, -0.2) is 9.97 Å². The van der Waals surface area contributed by atoms with E-state index in [2.05, 4.69) is 25.6 Å². The van der Waals surface area contributed by atoms with Crippen molar-refractivity contribution in [3.63, 3.8) is 0 Å². The Bertz CT molecular complexity index is 577. The number of aromatic nitrogens is 3. The summed E-state index contributed by atoms with van der Waals surface area (Å²) >= 11 is 0. The van der Waals surface area contributed by atoms with Crippen LogP contribution in [-0.2, 0) is 11.3 Å². The lowest BCUT2D eigenvalue weighted by molar-refractivity contribution is 0.0932. The van der Waals surface area contributed by atoms with Gasteiger partial charge in [0.05, 0.1) is 6.61 Å². The van der Waals surface area contributed by atoms with Crippen LogP contribution in [-0.4, -0.2) is 41.1 Å². The number of nitrogens with one attached hydrogen (secondary N) is 2. The molecule has 2 rings (SSSR count). The van der Waals surface area contributed by atoms with Crippen molar-refractivity contribution in [2.24, 2.45) is 0 Å². The van der Waals surface area contributed by atoms with Crippen LogP contribution in [0.2, 0.25) is 0 Å². The predicted molar refractivity (Wildman–Crippen MR) is 77.8 cm³/mol. The van der Waals surface area contributed by atoms with Crippen LogP contribution in [0.1, 0.15) is 16.1 Å². The van der Waals surface area contributed by atoms with E-state index in [4.69, 9.17) is 4.74 Å². The third-order valence-corrected chi connectivity index (χ3v) is 2.65. The van der Waals surface area contributed by atoms with Crippen molar-refractivity contribution in [3.05, 3.63) is 48.0 Å². The molecule has 2 heterocycles. The fraction of sp³-hybridized carbons (Fsp3) is 0.286. The van der Waals surface area contributed by atoms with Crippen molar-refractivity contribution in [1.29, 1.82) is 0 Å². The van der Waals surface area contributed by atoms with E-state index >= 15 is 0 Å². The van der Waals surface area contributed by atoms with Gasteiger partial charge >= 0.3 is 0 Å². The van der Waals surface area contributed by atoms with Crippen LogP contribution in [0.15, 0.2) is 36.8 Å². The maximum Gasteiger partial charge on any atom is 0.270 e. The van der Waals surface area contributed by atoms with Gasteiger partial charge in [0.25, 0.3) is 5.91 Å². The smallest absolute Gasteiger partial charge is 0.270 e. The molecule has 0 fully saturated rings. The summed E-state index contributed by atoms with van der Waals surface area (Å²) in [5, 5.41) is 5.77. The van der Waals surface area contributed by atoms with E-state index in [9.17, 15) is 4.79 Å². The summed E-state index contributed by atoms with van der Waals surface area (Å²) in [6.45, 7) is 1.45. The molecule has 0 aliphatic rings. The molecule has 1 amide bonds. The molecule has 110 valence electrons. The fourth-order valence-corrected chi connectivity index (χ4v) is 1.61. The molecule has 0 aliphatic heterocycles. The van der Waals surface area contributed by atoms with Gasteiger partial charge in [0, 0.05) is 38.8 Å². The molecule has 0 spiro atoms. The second-order valence-corrected chi connectivity index (χ2v) is 4.23. The minimum absolute atomic E-state index is 0.251. The quantitative estimate of drug-likeness (QED) is 0.734. The standard InChI is InChI=1S/C14H17N5O2/c1-21-8-7-16-13(20)12-4-6-17-14(19-12)18-10-11-3-2-5-15-9-11/h2-6,9H,7-8,10H2,1H3,(H,16,20)(H,17,18,19). The van der Waals surface area contributed by atoms with Gasteiger partial charge in [0.15, 0.2) is 0 Å². The van der Waals surface area contributed by atoms with E-state index < -0.39 is 0 Å². The highest BCUT2D eigenvalue weighted by Gasteiger charge is 2.07. The average Bonchev–Trinajstić information content (AvgIpc) is 2.54. The van der Waals surface area contributed by atoms with Crippen molar-refractivity contribution in [1.82, 2.24) is 20.3 Å². The first kappa shape index (κ1) is 14.9. The second kappa shape index (κ2) is 7.91. The Kier molecular flexibility index (Phi) is 5.60. The summed E-state index contributed by atoms with van der Waals surface area (Å²) in [5.41, 5.74) is 1.32. The van der Waals surface area contributed by atoms with E-state index in [1.807, 2.05) is 12.1 Å². The van der Waals surface area contributed by atoms with Gasteiger partial charge in [0.1, 0.15) is 5.69 Å². The van der Waals surface area contributed by atoms with Crippen LogP contribution < -0.4 is 10.6 Å². The Morgan fingerprint density at radius 1 is 1.33 bits per heavy atom. The first-order valence-electron chi connectivity index (χ1n) is 6.52. The Morgan fingerprint density at radius 2 is 2.24 bits per heavy atom. The van der Waals surface area contributed by atoms with Crippen LogP contribution in [0, 0.1) is 0 Å². The molecular formula is C14H17N5O2. The zero-order valence-corrected chi connectivity index (χ0v) is 11.7. The lowest BCUT2D eigenvalue weighted by Gasteiger charge is -2.07. The highest BCUT2D eigenvalue weighted by atomic mass is 16.5. The predicted octanol–water partition coefficient (Wildman–Crippen LogP) is 0.860. The number of hydrogen-bond donors (Lipinski definition) is 2. The summed E-state index contributed by atoms with van der Waals surface area (Å²) in [6, 6.07) is 5.37. The topological polar surface area (TPSA) is 89.0 Å². The molecule has 0 saturated heterocycles. The summed E-state index contributed by atoms with van der Waals surface area (Å²) in [5.74, 6) is 0.150. The van der Waals surface area contributed by atoms with Crippen molar-refractivity contribution in [3.8, 4) is 0 Å². The summed E-state index contributed by atoms with van der Waals surface area (Å²) in [6.07, 6.45) is 5.02. The van der Waals surface area contributed by atoms with Crippen molar-refractivity contribution in [2.45, 2.75) is 6.54 Å². The second-order valence-electron chi connectivity index (χ2n) is 4.23. The highest BCUT2D eigenvalue weighted by molar-refractivity contribution is 5.92. The zero-order chi connectivity index (χ0) is 14.9. The third-order valence-electron chi connectivity index (χ3n) is 2.65. The molecule has 0 aromatic carbocycles. The van der Waals surface area contributed by atoms with Crippen molar-refractivity contribution >= 4 is 11.9 Å². The SMILES string of the molecule is COCCNC(=O)c1ccnc(NCc2cccnc2)n1.